The fourth-order valence-corrected chi connectivity index (χ4v) is 3.92. The predicted molar refractivity (Wildman–Crippen MR) is 118 cm³/mol. The molecule has 1 aromatic carbocycles. The number of methoxy groups -OCH3 is 1. The maximum Gasteiger partial charge on any atom is 0.160 e. The van der Waals surface area contributed by atoms with Gasteiger partial charge in [-0.1, -0.05) is 13.0 Å². The number of nitrogens with two attached hydrogens (primary N) is 1. The molecule has 3 heterocycles. The Morgan fingerprint density at radius 3 is 2.76 bits per heavy atom. The lowest BCUT2D eigenvalue weighted by molar-refractivity contribution is 0.0999. The van der Waals surface area contributed by atoms with E-state index in [0.29, 0.717) is 17.5 Å². The zero-order chi connectivity index (χ0) is 20.5. The molecule has 1 atom stereocenters. The van der Waals surface area contributed by atoms with Crippen molar-refractivity contribution in [3.8, 4) is 11.3 Å². The normalized spacial score (nSPS) is 13.0. The van der Waals surface area contributed by atoms with Gasteiger partial charge >= 0.3 is 0 Å². The maximum atomic E-state index is 6.02. The first-order chi connectivity index (χ1) is 14.0. The zero-order valence-corrected chi connectivity index (χ0v) is 17.4. The number of rotatable bonds is 7. The molecule has 0 aliphatic carbocycles. The molecule has 0 bridgehead atoms. The van der Waals surface area contributed by atoms with E-state index < -0.39 is 0 Å². The first-order valence-electron chi connectivity index (χ1n) is 9.92. The van der Waals surface area contributed by atoms with Gasteiger partial charge in [-0.05, 0) is 50.2 Å². The van der Waals surface area contributed by atoms with Crippen LogP contribution in [0.3, 0.4) is 0 Å². The predicted octanol–water partition coefficient (Wildman–Crippen LogP) is 3.85. The van der Waals surface area contributed by atoms with Crippen LogP contribution in [-0.2, 0) is 11.3 Å². The molecule has 7 nitrogen and oxygen atoms in total. The SMILES string of the molecule is CCC(COC)N(C)Cc1ccc2[nH]c(-c3cc(N)nc4[nH]c(C)nc34)cc2c1. The molecular weight excluding hydrogens is 364 g/mol. The summed E-state index contributed by atoms with van der Waals surface area (Å²) in [5, 5.41) is 1.17. The highest BCUT2D eigenvalue weighted by molar-refractivity contribution is 5.95. The number of anilines is 1. The summed E-state index contributed by atoms with van der Waals surface area (Å²) in [6.45, 7) is 5.73. The number of imidazole rings is 1. The molecule has 0 fully saturated rings. The van der Waals surface area contributed by atoms with E-state index in [-0.39, 0.29) is 0 Å². The number of aromatic amines is 2. The first kappa shape index (κ1) is 19.4. The second-order valence-corrected chi connectivity index (χ2v) is 7.65. The molecule has 0 saturated carbocycles. The number of hydrogen-bond acceptors (Lipinski definition) is 5. The molecule has 0 spiro atoms. The minimum Gasteiger partial charge on any atom is -0.384 e. The van der Waals surface area contributed by atoms with Crippen LogP contribution in [0.15, 0.2) is 30.3 Å². The van der Waals surface area contributed by atoms with Crippen molar-refractivity contribution in [2.45, 2.75) is 32.9 Å². The van der Waals surface area contributed by atoms with E-state index in [2.05, 4.69) is 63.1 Å². The number of H-pyrrole nitrogens is 2. The number of fused-ring (bicyclic) bond motifs is 2. The number of pyridine rings is 1. The standard InChI is InChI=1S/C22H28N6O/c1-5-16(12-29-4)28(3)11-14-6-7-18-15(8-14)9-19(26-18)17-10-20(23)27-22-21(17)24-13(2)25-22/h6-10,16,26H,5,11-12H2,1-4H3,(H3,23,24,25,27). The monoisotopic (exact) mass is 392 g/mol. The second-order valence-electron chi connectivity index (χ2n) is 7.65. The minimum atomic E-state index is 0.411. The lowest BCUT2D eigenvalue weighted by Crippen LogP contribution is -2.34. The Labute approximate surface area is 170 Å². The molecule has 4 aromatic rings. The van der Waals surface area contributed by atoms with Crippen molar-refractivity contribution in [2.75, 3.05) is 26.5 Å². The summed E-state index contributed by atoms with van der Waals surface area (Å²) in [4.78, 5) is 18.0. The molecule has 29 heavy (non-hydrogen) atoms. The van der Waals surface area contributed by atoms with Crippen LogP contribution in [0.2, 0.25) is 0 Å². The van der Waals surface area contributed by atoms with E-state index in [0.717, 1.165) is 47.7 Å². The van der Waals surface area contributed by atoms with Gasteiger partial charge in [0.15, 0.2) is 5.65 Å². The highest BCUT2D eigenvalue weighted by Crippen LogP contribution is 2.30. The van der Waals surface area contributed by atoms with Crippen LogP contribution in [-0.4, -0.2) is 51.6 Å². The van der Waals surface area contributed by atoms with Gasteiger partial charge in [0.2, 0.25) is 0 Å². The molecular formula is C22H28N6O. The van der Waals surface area contributed by atoms with Crippen LogP contribution in [0.4, 0.5) is 5.82 Å². The van der Waals surface area contributed by atoms with E-state index in [1.54, 1.807) is 7.11 Å². The van der Waals surface area contributed by atoms with Crippen LogP contribution < -0.4 is 5.73 Å². The molecule has 0 saturated heterocycles. The summed E-state index contributed by atoms with van der Waals surface area (Å²) in [5.74, 6) is 1.29. The molecule has 4 N–H and O–H groups in total. The number of hydrogen-bond donors (Lipinski definition) is 3. The molecule has 0 aliphatic heterocycles. The lowest BCUT2D eigenvalue weighted by Gasteiger charge is -2.26. The Morgan fingerprint density at radius 2 is 2.00 bits per heavy atom. The molecule has 4 rings (SSSR count). The summed E-state index contributed by atoms with van der Waals surface area (Å²) < 4.78 is 5.35. The minimum absolute atomic E-state index is 0.411. The summed E-state index contributed by atoms with van der Waals surface area (Å²) >= 11 is 0. The van der Waals surface area contributed by atoms with Gasteiger partial charge in [0, 0.05) is 41.9 Å². The van der Waals surface area contributed by atoms with Crippen molar-refractivity contribution in [3.63, 3.8) is 0 Å². The van der Waals surface area contributed by atoms with Crippen molar-refractivity contribution in [2.24, 2.45) is 0 Å². The number of aromatic nitrogens is 4. The van der Waals surface area contributed by atoms with Crippen molar-refractivity contribution in [3.05, 3.63) is 41.7 Å². The number of nitrogen functional groups attached to an aromatic ring is 1. The highest BCUT2D eigenvalue weighted by atomic mass is 16.5. The third-order valence-electron chi connectivity index (χ3n) is 5.45. The first-order valence-corrected chi connectivity index (χ1v) is 9.92. The molecule has 0 radical (unpaired) electrons. The Bertz CT molecular complexity index is 1150. The lowest BCUT2D eigenvalue weighted by atomic mass is 10.1. The van der Waals surface area contributed by atoms with E-state index >= 15 is 0 Å². The van der Waals surface area contributed by atoms with Gasteiger partial charge in [-0.2, -0.15) is 0 Å². The van der Waals surface area contributed by atoms with Gasteiger partial charge in [-0.25, -0.2) is 9.97 Å². The van der Waals surface area contributed by atoms with E-state index in [1.165, 1.54) is 10.9 Å². The van der Waals surface area contributed by atoms with Crippen molar-refractivity contribution >= 4 is 27.9 Å². The van der Waals surface area contributed by atoms with Gasteiger partial charge in [-0.3, -0.25) is 4.90 Å². The average molecular weight is 393 g/mol. The number of nitrogens with one attached hydrogen (secondary N) is 2. The fourth-order valence-electron chi connectivity index (χ4n) is 3.92. The third-order valence-corrected chi connectivity index (χ3v) is 5.45. The topological polar surface area (TPSA) is 95.9 Å². The quantitative estimate of drug-likeness (QED) is 0.444. The Kier molecular flexibility index (Phi) is 5.25. The van der Waals surface area contributed by atoms with Crippen molar-refractivity contribution < 1.29 is 4.74 Å². The third kappa shape index (κ3) is 3.83. The highest BCUT2D eigenvalue weighted by Gasteiger charge is 2.15. The van der Waals surface area contributed by atoms with Gasteiger partial charge in [0.1, 0.15) is 17.2 Å². The van der Waals surface area contributed by atoms with Crippen LogP contribution in [0.5, 0.6) is 0 Å². The Morgan fingerprint density at radius 1 is 1.17 bits per heavy atom. The van der Waals surface area contributed by atoms with E-state index in [1.807, 2.05) is 13.0 Å². The van der Waals surface area contributed by atoms with E-state index in [4.69, 9.17) is 10.5 Å². The fraction of sp³-hybridized carbons (Fsp3) is 0.364. The summed E-state index contributed by atoms with van der Waals surface area (Å²) in [5.41, 5.74) is 11.9. The molecule has 7 heteroatoms. The van der Waals surface area contributed by atoms with Gasteiger partial charge in [0.25, 0.3) is 0 Å². The number of benzene rings is 1. The summed E-state index contributed by atoms with van der Waals surface area (Å²) in [6.07, 6.45) is 1.06. The summed E-state index contributed by atoms with van der Waals surface area (Å²) in [6, 6.07) is 11.0. The molecule has 0 amide bonds. The van der Waals surface area contributed by atoms with Crippen LogP contribution in [0, 0.1) is 6.92 Å². The molecule has 3 aromatic heterocycles. The van der Waals surface area contributed by atoms with Crippen molar-refractivity contribution in [1.82, 2.24) is 24.8 Å². The largest absolute Gasteiger partial charge is 0.384 e. The zero-order valence-electron chi connectivity index (χ0n) is 17.4. The Balaban J connectivity index is 1.68. The Hall–Kier alpha value is -2.90. The van der Waals surface area contributed by atoms with E-state index in [9.17, 15) is 0 Å². The smallest absolute Gasteiger partial charge is 0.160 e. The number of likely N-dealkylation sites (N-methyl/N-ethyl adjacent to an activating group) is 1. The second kappa shape index (κ2) is 7.85. The summed E-state index contributed by atoms with van der Waals surface area (Å²) in [7, 11) is 3.91. The number of ether oxygens (including phenoxy) is 1. The molecule has 0 aliphatic rings. The molecule has 1 unspecified atom stereocenters. The van der Waals surface area contributed by atoms with Crippen LogP contribution >= 0.6 is 0 Å². The molecule has 152 valence electrons. The maximum absolute atomic E-state index is 6.02. The number of nitrogens with zero attached hydrogens (tertiary/aromatic N) is 3. The average Bonchev–Trinajstić information content (AvgIpc) is 3.27. The van der Waals surface area contributed by atoms with Crippen LogP contribution in [0.1, 0.15) is 24.7 Å². The van der Waals surface area contributed by atoms with Gasteiger partial charge in [-0.15, -0.1) is 0 Å². The van der Waals surface area contributed by atoms with Crippen LogP contribution in [0.25, 0.3) is 33.3 Å². The van der Waals surface area contributed by atoms with Gasteiger partial charge < -0.3 is 20.4 Å². The number of aryl methyl sites for hydroxylation is 1. The van der Waals surface area contributed by atoms with Crippen molar-refractivity contribution in [1.29, 1.82) is 0 Å². The van der Waals surface area contributed by atoms with Gasteiger partial charge in [0.05, 0.1) is 6.61 Å².